The van der Waals surface area contributed by atoms with Crippen LogP contribution in [0.1, 0.15) is 18.1 Å². The number of carbonyl (C=O) groups is 1. The molecule has 2 N–H and O–H groups in total. The van der Waals surface area contributed by atoms with Crippen molar-refractivity contribution in [1.82, 2.24) is 10.0 Å². The number of carbonyl (C=O) groups excluding carboxylic acids is 1. The molecular weight excluding hydrogens is 327 g/mol. The van der Waals surface area contributed by atoms with Gasteiger partial charge in [0.1, 0.15) is 0 Å². The zero-order valence-electron chi connectivity index (χ0n) is 10.6. The van der Waals surface area contributed by atoms with Crippen molar-refractivity contribution < 1.29 is 18.0 Å². The van der Waals surface area contributed by atoms with E-state index in [1.54, 1.807) is 0 Å². The Morgan fingerprint density at radius 3 is 2.71 bits per heavy atom. The van der Waals surface area contributed by atoms with Crippen molar-refractivity contribution in [2.45, 2.75) is 13.1 Å². The van der Waals surface area contributed by atoms with Crippen LogP contribution in [0.4, 0.5) is 13.2 Å². The fourth-order valence-electron chi connectivity index (χ4n) is 1.56. The number of halogens is 4. The fraction of sp³-hybridized carbons (Fsp3) is 0.167. The molecule has 0 fully saturated rings. The van der Waals surface area contributed by atoms with Crippen LogP contribution in [0.2, 0.25) is 5.02 Å². The highest BCUT2D eigenvalue weighted by molar-refractivity contribution is 8.12. The Morgan fingerprint density at radius 1 is 1.38 bits per heavy atom. The summed E-state index contributed by atoms with van der Waals surface area (Å²) >= 11 is 6.77. The number of alkyl halides is 3. The highest BCUT2D eigenvalue weighted by Crippen LogP contribution is 2.34. The van der Waals surface area contributed by atoms with Crippen molar-refractivity contribution in [2.24, 2.45) is 4.99 Å². The molecule has 112 valence electrons. The monoisotopic (exact) mass is 335 g/mol. The van der Waals surface area contributed by atoms with Gasteiger partial charge in [-0.1, -0.05) is 11.6 Å². The molecule has 2 rings (SSSR count). The normalized spacial score (nSPS) is 14.9. The Hall–Kier alpha value is -1.67. The minimum atomic E-state index is -4.50. The number of hydrogen-bond acceptors (Lipinski definition) is 4. The number of amidine groups is 1. The van der Waals surface area contributed by atoms with Crippen LogP contribution in [0.3, 0.4) is 0 Å². The van der Waals surface area contributed by atoms with Crippen LogP contribution in [-0.4, -0.2) is 11.1 Å². The molecule has 0 aliphatic carbocycles. The van der Waals surface area contributed by atoms with E-state index in [0.717, 1.165) is 24.1 Å². The number of aliphatic imine (C=N–C) groups is 1. The standard InChI is InChI=1S/C12H9ClF3N3OS/c1-6(20)18-11-19-10(5-17-21-11)7-2-8(12(14,15)16)4-9(13)3-7/h2-5,17H,1H3,(H,18,19,20). The lowest BCUT2D eigenvalue weighted by atomic mass is 10.1. The Balaban J connectivity index is 2.38. The van der Waals surface area contributed by atoms with Crippen molar-refractivity contribution in [3.8, 4) is 0 Å². The van der Waals surface area contributed by atoms with E-state index in [-0.39, 0.29) is 27.4 Å². The molecule has 1 aliphatic rings. The molecule has 0 aromatic heterocycles. The van der Waals surface area contributed by atoms with Crippen molar-refractivity contribution in [2.75, 3.05) is 0 Å². The van der Waals surface area contributed by atoms with Gasteiger partial charge in [-0.2, -0.15) is 13.2 Å². The van der Waals surface area contributed by atoms with Gasteiger partial charge in [0.05, 0.1) is 11.3 Å². The molecule has 9 heteroatoms. The van der Waals surface area contributed by atoms with Gasteiger partial charge in [-0.15, -0.1) is 0 Å². The predicted molar refractivity (Wildman–Crippen MR) is 76.4 cm³/mol. The summed E-state index contributed by atoms with van der Waals surface area (Å²) in [6, 6.07) is 3.16. The zero-order chi connectivity index (χ0) is 15.6. The molecule has 0 unspecified atom stereocenters. The maximum absolute atomic E-state index is 12.8. The molecule has 4 nitrogen and oxygen atoms in total. The van der Waals surface area contributed by atoms with E-state index >= 15 is 0 Å². The lowest BCUT2D eigenvalue weighted by Crippen LogP contribution is -2.28. The van der Waals surface area contributed by atoms with Gasteiger partial charge in [0, 0.05) is 35.7 Å². The minimum Gasteiger partial charge on any atom is -0.328 e. The van der Waals surface area contributed by atoms with E-state index in [2.05, 4.69) is 15.0 Å². The second-order valence-corrected chi connectivity index (χ2v) is 5.34. The number of nitrogens with one attached hydrogen (secondary N) is 2. The van der Waals surface area contributed by atoms with E-state index in [1.807, 2.05) is 0 Å². The Kier molecular flexibility index (Phi) is 4.48. The predicted octanol–water partition coefficient (Wildman–Crippen LogP) is 3.40. The van der Waals surface area contributed by atoms with Gasteiger partial charge in [0.15, 0.2) is 5.17 Å². The second-order valence-electron chi connectivity index (χ2n) is 4.07. The Labute approximate surface area is 127 Å². The maximum Gasteiger partial charge on any atom is 0.416 e. The first kappa shape index (κ1) is 15.7. The van der Waals surface area contributed by atoms with E-state index < -0.39 is 11.7 Å². The van der Waals surface area contributed by atoms with E-state index in [9.17, 15) is 18.0 Å². The SMILES string of the molecule is CC(=O)NC1=NC(c2cc(Cl)cc(C(F)(F)F)c2)=CNS1. The third kappa shape index (κ3) is 4.15. The molecule has 0 radical (unpaired) electrons. The summed E-state index contributed by atoms with van der Waals surface area (Å²) in [7, 11) is 0. The molecule has 0 atom stereocenters. The van der Waals surface area contributed by atoms with Gasteiger partial charge in [0.2, 0.25) is 5.91 Å². The lowest BCUT2D eigenvalue weighted by molar-refractivity contribution is -0.137. The third-order valence-electron chi connectivity index (χ3n) is 2.38. The van der Waals surface area contributed by atoms with Crippen LogP contribution < -0.4 is 10.0 Å². The molecule has 0 spiro atoms. The van der Waals surface area contributed by atoms with Crippen LogP contribution in [0.25, 0.3) is 5.70 Å². The third-order valence-corrected chi connectivity index (χ3v) is 3.22. The van der Waals surface area contributed by atoms with Crippen molar-refractivity contribution in [3.05, 3.63) is 40.5 Å². The molecular formula is C12H9ClF3N3OS. The summed E-state index contributed by atoms with van der Waals surface area (Å²) in [6.07, 6.45) is -3.07. The van der Waals surface area contributed by atoms with Crippen LogP contribution >= 0.6 is 23.5 Å². The van der Waals surface area contributed by atoms with Gasteiger partial charge >= 0.3 is 6.18 Å². The number of rotatable bonds is 1. The van der Waals surface area contributed by atoms with Crippen LogP contribution in [0.5, 0.6) is 0 Å². The van der Waals surface area contributed by atoms with Crippen LogP contribution in [0.15, 0.2) is 29.4 Å². The average Bonchev–Trinajstić information content (AvgIpc) is 2.36. The van der Waals surface area contributed by atoms with E-state index in [1.165, 1.54) is 19.2 Å². The highest BCUT2D eigenvalue weighted by atomic mass is 35.5. The molecule has 1 amide bonds. The fourth-order valence-corrected chi connectivity index (χ4v) is 2.41. The summed E-state index contributed by atoms with van der Waals surface area (Å²) in [4.78, 5) is 15.0. The largest absolute Gasteiger partial charge is 0.416 e. The summed E-state index contributed by atoms with van der Waals surface area (Å²) in [5.74, 6) is -0.327. The van der Waals surface area contributed by atoms with Gasteiger partial charge < -0.3 is 10.0 Å². The molecule has 0 saturated carbocycles. The quantitative estimate of drug-likeness (QED) is 0.773. The minimum absolute atomic E-state index is 0.0461. The zero-order valence-corrected chi connectivity index (χ0v) is 12.2. The van der Waals surface area contributed by atoms with Gasteiger partial charge in [-0.25, -0.2) is 4.99 Å². The maximum atomic E-state index is 12.8. The average molecular weight is 336 g/mol. The molecule has 1 aromatic carbocycles. The molecule has 0 saturated heterocycles. The topological polar surface area (TPSA) is 53.5 Å². The number of nitrogens with zero attached hydrogens (tertiary/aromatic N) is 1. The molecule has 1 heterocycles. The van der Waals surface area contributed by atoms with Crippen LogP contribution in [-0.2, 0) is 11.0 Å². The summed E-state index contributed by atoms with van der Waals surface area (Å²) < 4.78 is 41.1. The molecule has 1 aromatic rings. The van der Waals surface area contributed by atoms with Crippen molar-refractivity contribution >= 4 is 40.3 Å². The highest BCUT2D eigenvalue weighted by Gasteiger charge is 2.31. The Morgan fingerprint density at radius 2 is 2.10 bits per heavy atom. The first-order valence-electron chi connectivity index (χ1n) is 5.62. The lowest BCUT2D eigenvalue weighted by Gasteiger charge is -2.15. The number of benzene rings is 1. The molecule has 1 aliphatic heterocycles. The van der Waals surface area contributed by atoms with Gasteiger partial charge in [-0.05, 0) is 18.2 Å². The van der Waals surface area contributed by atoms with Gasteiger partial charge in [-0.3, -0.25) is 4.79 Å². The van der Waals surface area contributed by atoms with Crippen molar-refractivity contribution in [1.29, 1.82) is 0 Å². The summed E-state index contributed by atoms with van der Waals surface area (Å²) in [5, 5.41) is 2.65. The first-order chi connectivity index (χ1) is 9.75. The second kappa shape index (κ2) is 5.98. The van der Waals surface area contributed by atoms with E-state index in [0.29, 0.717) is 0 Å². The summed E-state index contributed by atoms with van der Waals surface area (Å²) in [6.45, 7) is 1.31. The first-order valence-corrected chi connectivity index (χ1v) is 6.82. The van der Waals surface area contributed by atoms with Gasteiger partial charge in [0.25, 0.3) is 0 Å². The number of hydrogen-bond donors (Lipinski definition) is 2. The van der Waals surface area contributed by atoms with E-state index in [4.69, 9.17) is 11.6 Å². The number of amides is 1. The molecule has 21 heavy (non-hydrogen) atoms. The molecule has 0 bridgehead atoms. The van der Waals surface area contributed by atoms with Crippen LogP contribution in [0, 0.1) is 0 Å². The summed E-state index contributed by atoms with van der Waals surface area (Å²) in [5.41, 5.74) is -0.420. The smallest absolute Gasteiger partial charge is 0.328 e. The van der Waals surface area contributed by atoms with Crippen molar-refractivity contribution in [3.63, 3.8) is 0 Å². The Bertz CT molecular complexity index is 643.